The molecule has 0 fully saturated rings. The van der Waals surface area contributed by atoms with Crippen LogP contribution in [-0.4, -0.2) is 12.5 Å². The van der Waals surface area contributed by atoms with E-state index in [1.165, 1.54) is 0 Å². The Labute approximate surface area is 127 Å². The van der Waals surface area contributed by atoms with Crippen LogP contribution in [0.4, 0.5) is 5.69 Å². The normalized spacial score (nSPS) is 12.2. The molecule has 0 spiro atoms. The van der Waals surface area contributed by atoms with Crippen molar-refractivity contribution in [2.24, 2.45) is 0 Å². The number of anilines is 1. The lowest BCUT2D eigenvalue weighted by Gasteiger charge is -2.12. The van der Waals surface area contributed by atoms with E-state index >= 15 is 0 Å². The molecular weight excluding hydrogens is 299 g/mol. The Morgan fingerprint density at radius 2 is 2.15 bits per heavy atom. The molecule has 0 saturated heterocycles. The molecular formula is C14H14Cl2N2O2. The van der Waals surface area contributed by atoms with Crippen LogP contribution in [0, 0.1) is 0 Å². The van der Waals surface area contributed by atoms with Gasteiger partial charge in [-0.15, -0.1) is 0 Å². The molecule has 2 aromatic rings. The first-order chi connectivity index (χ1) is 9.56. The molecule has 0 unspecified atom stereocenters. The summed E-state index contributed by atoms with van der Waals surface area (Å²) in [5.74, 6) is 0.593. The van der Waals surface area contributed by atoms with E-state index in [0.29, 0.717) is 15.7 Å². The number of halogens is 2. The molecule has 6 heteroatoms. The van der Waals surface area contributed by atoms with Crippen LogP contribution in [0.3, 0.4) is 0 Å². The topological polar surface area (TPSA) is 54.3 Å². The van der Waals surface area contributed by atoms with E-state index in [2.05, 4.69) is 10.6 Å². The van der Waals surface area contributed by atoms with Crippen molar-refractivity contribution in [1.29, 1.82) is 0 Å². The maximum absolute atomic E-state index is 11.8. The summed E-state index contributed by atoms with van der Waals surface area (Å²) in [7, 11) is 0. The van der Waals surface area contributed by atoms with Crippen LogP contribution in [0.2, 0.25) is 10.0 Å². The van der Waals surface area contributed by atoms with Crippen molar-refractivity contribution < 1.29 is 9.21 Å². The van der Waals surface area contributed by atoms with Gasteiger partial charge in [0.2, 0.25) is 5.91 Å². The number of hydrogen-bond donors (Lipinski definition) is 2. The maximum atomic E-state index is 11.8. The Bertz CT molecular complexity index is 585. The second-order valence-corrected chi connectivity index (χ2v) is 5.13. The fourth-order valence-electron chi connectivity index (χ4n) is 1.67. The van der Waals surface area contributed by atoms with Gasteiger partial charge in [-0.3, -0.25) is 10.1 Å². The molecule has 1 atom stereocenters. The minimum atomic E-state index is -0.187. The third kappa shape index (κ3) is 4.00. The maximum Gasteiger partial charge on any atom is 0.238 e. The van der Waals surface area contributed by atoms with Gasteiger partial charge < -0.3 is 9.73 Å². The standard InChI is InChI=1S/C14H14Cl2N2O2/c1-9(13-3-2-6-20-13)17-8-14(19)18-12-5-4-10(15)7-11(12)16/h2-7,9,17H,8H2,1H3,(H,18,19)/t9-/m0/s1. The molecule has 20 heavy (non-hydrogen) atoms. The van der Waals surface area contributed by atoms with Gasteiger partial charge in [0.1, 0.15) is 5.76 Å². The second-order valence-electron chi connectivity index (χ2n) is 4.29. The molecule has 1 aromatic carbocycles. The lowest BCUT2D eigenvalue weighted by Crippen LogP contribution is -2.30. The molecule has 0 saturated carbocycles. The van der Waals surface area contributed by atoms with E-state index in [1.807, 2.05) is 13.0 Å². The summed E-state index contributed by atoms with van der Waals surface area (Å²) >= 11 is 11.8. The monoisotopic (exact) mass is 312 g/mol. The summed E-state index contributed by atoms with van der Waals surface area (Å²) in [6.07, 6.45) is 1.60. The van der Waals surface area contributed by atoms with E-state index in [4.69, 9.17) is 27.6 Å². The van der Waals surface area contributed by atoms with Crippen molar-refractivity contribution in [1.82, 2.24) is 5.32 Å². The lowest BCUT2D eigenvalue weighted by molar-refractivity contribution is -0.115. The summed E-state index contributed by atoms with van der Waals surface area (Å²) in [5, 5.41) is 6.71. The van der Waals surface area contributed by atoms with Crippen LogP contribution in [0.25, 0.3) is 0 Å². The third-order valence-electron chi connectivity index (χ3n) is 2.74. The molecule has 0 aliphatic heterocycles. The molecule has 1 heterocycles. The first kappa shape index (κ1) is 14.9. The van der Waals surface area contributed by atoms with Gasteiger partial charge in [0.15, 0.2) is 0 Å². The van der Waals surface area contributed by atoms with Gasteiger partial charge in [0, 0.05) is 5.02 Å². The Morgan fingerprint density at radius 3 is 2.80 bits per heavy atom. The number of carbonyl (C=O) groups is 1. The molecule has 0 bridgehead atoms. The van der Waals surface area contributed by atoms with E-state index in [9.17, 15) is 4.79 Å². The summed E-state index contributed by atoms with van der Waals surface area (Å²) < 4.78 is 5.25. The van der Waals surface area contributed by atoms with E-state index in [-0.39, 0.29) is 18.5 Å². The quantitative estimate of drug-likeness (QED) is 0.881. The first-order valence-electron chi connectivity index (χ1n) is 6.08. The number of rotatable bonds is 5. The predicted molar refractivity (Wildman–Crippen MR) is 80.2 cm³/mol. The van der Waals surface area contributed by atoms with Gasteiger partial charge >= 0.3 is 0 Å². The average Bonchev–Trinajstić information content (AvgIpc) is 2.93. The molecule has 1 aromatic heterocycles. The van der Waals surface area contributed by atoms with Crippen LogP contribution in [0.15, 0.2) is 41.0 Å². The number of carbonyl (C=O) groups excluding carboxylic acids is 1. The van der Waals surface area contributed by atoms with Crippen LogP contribution in [-0.2, 0) is 4.79 Å². The largest absolute Gasteiger partial charge is 0.468 e. The van der Waals surface area contributed by atoms with E-state index < -0.39 is 0 Å². The highest BCUT2D eigenvalue weighted by Crippen LogP contribution is 2.25. The zero-order chi connectivity index (χ0) is 14.5. The minimum Gasteiger partial charge on any atom is -0.468 e. The number of hydrogen-bond acceptors (Lipinski definition) is 3. The fraction of sp³-hybridized carbons (Fsp3) is 0.214. The summed E-state index contributed by atoms with van der Waals surface area (Å²) in [6, 6.07) is 8.53. The first-order valence-corrected chi connectivity index (χ1v) is 6.83. The van der Waals surface area contributed by atoms with Crippen LogP contribution in [0.5, 0.6) is 0 Å². The highest BCUT2D eigenvalue weighted by atomic mass is 35.5. The molecule has 2 N–H and O–H groups in total. The minimum absolute atomic E-state index is 0.0450. The van der Waals surface area contributed by atoms with Crippen molar-refractivity contribution in [3.05, 3.63) is 52.4 Å². The van der Waals surface area contributed by atoms with Crippen molar-refractivity contribution in [2.75, 3.05) is 11.9 Å². The molecule has 4 nitrogen and oxygen atoms in total. The molecule has 1 amide bonds. The van der Waals surface area contributed by atoms with Crippen LogP contribution >= 0.6 is 23.2 Å². The summed E-state index contributed by atoms with van der Waals surface area (Å²) in [6.45, 7) is 2.07. The fourth-order valence-corrected chi connectivity index (χ4v) is 2.13. The molecule has 0 aliphatic carbocycles. The number of amides is 1. The van der Waals surface area contributed by atoms with Gasteiger partial charge in [-0.25, -0.2) is 0 Å². The van der Waals surface area contributed by atoms with Gasteiger partial charge in [-0.05, 0) is 37.3 Å². The molecule has 0 aliphatic rings. The molecule has 106 valence electrons. The van der Waals surface area contributed by atoms with Gasteiger partial charge in [-0.2, -0.15) is 0 Å². The predicted octanol–water partition coefficient (Wildman–Crippen LogP) is 3.88. The van der Waals surface area contributed by atoms with Gasteiger partial charge in [0.25, 0.3) is 0 Å². The van der Waals surface area contributed by atoms with Gasteiger partial charge in [0.05, 0.1) is 29.6 Å². The second kappa shape index (κ2) is 6.79. The molecule has 2 rings (SSSR count). The van der Waals surface area contributed by atoms with E-state index in [0.717, 1.165) is 5.76 Å². The summed E-state index contributed by atoms with van der Waals surface area (Å²) in [4.78, 5) is 11.8. The van der Waals surface area contributed by atoms with Crippen LogP contribution in [0.1, 0.15) is 18.7 Å². The Hall–Kier alpha value is -1.49. The Balaban J connectivity index is 1.86. The van der Waals surface area contributed by atoms with Crippen molar-refractivity contribution in [2.45, 2.75) is 13.0 Å². The summed E-state index contributed by atoms with van der Waals surface area (Å²) in [5.41, 5.74) is 0.536. The smallest absolute Gasteiger partial charge is 0.238 e. The van der Waals surface area contributed by atoms with Crippen molar-refractivity contribution >= 4 is 34.8 Å². The van der Waals surface area contributed by atoms with Crippen LogP contribution < -0.4 is 10.6 Å². The SMILES string of the molecule is C[C@H](NCC(=O)Nc1ccc(Cl)cc1Cl)c1ccco1. The average molecular weight is 313 g/mol. The number of nitrogens with one attached hydrogen (secondary N) is 2. The number of benzene rings is 1. The Kier molecular flexibility index (Phi) is 5.06. The number of furan rings is 1. The lowest BCUT2D eigenvalue weighted by atomic mass is 10.2. The zero-order valence-corrected chi connectivity index (χ0v) is 12.3. The van der Waals surface area contributed by atoms with Crippen molar-refractivity contribution in [3.63, 3.8) is 0 Å². The van der Waals surface area contributed by atoms with Gasteiger partial charge in [-0.1, -0.05) is 23.2 Å². The van der Waals surface area contributed by atoms with Crippen molar-refractivity contribution in [3.8, 4) is 0 Å². The van der Waals surface area contributed by atoms with E-state index in [1.54, 1.807) is 30.5 Å². The highest BCUT2D eigenvalue weighted by molar-refractivity contribution is 6.36. The third-order valence-corrected chi connectivity index (χ3v) is 3.29. The zero-order valence-electron chi connectivity index (χ0n) is 10.8. The molecule has 0 radical (unpaired) electrons. The Morgan fingerprint density at radius 1 is 1.35 bits per heavy atom. The highest BCUT2D eigenvalue weighted by Gasteiger charge is 2.11.